The third kappa shape index (κ3) is 4.09. The predicted molar refractivity (Wildman–Crippen MR) is 92.0 cm³/mol. The summed E-state index contributed by atoms with van der Waals surface area (Å²) in [4.78, 5) is 0. The quantitative estimate of drug-likeness (QED) is 0.704. The van der Waals surface area contributed by atoms with Crippen LogP contribution in [0.4, 0.5) is 0 Å². The Balaban J connectivity index is 2.36. The van der Waals surface area contributed by atoms with E-state index >= 15 is 0 Å². The van der Waals surface area contributed by atoms with Gasteiger partial charge in [-0.3, -0.25) is 0 Å². The molecule has 0 radical (unpaired) electrons. The highest BCUT2D eigenvalue weighted by molar-refractivity contribution is 6.31. The molecule has 0 saturated heterocycles. The fourth-order valence-electron chi connectivity index (χ4n) is 2.86. The number of hydrogen-bond acceptors (Lipinski definition) is 1. The first-order valence-corrected chi connectivity index (χ1v) is 8.18. The van der Waals surface area contributed by atoms with Crippen molar-refractivity contribution in [3.8, 4) is 0 Å². The summed E-state index contributed by atoms with van der Waals surface area (Å²) in [5.74, 6) is 0.428. The van der Waals surface area contributed by atoms with E-state index in [0.717, 1.165) is 24.4 Å². The SMILES string of the molecule is CCCNC(c1ccccc1Cl)C(CC)c1ccccc1. The molecule has 21 heavy (non-hydrogen) atoms. The number of nitrogens with one attached hydrogen (secondary N) is 1. The number of benzene rings is 2. The first-order valence-electron chi connectivity index (χ1n) is 7.80. The van der Waals surface area contributed by atoms with E-state index in [1.165, 1.54) is 11.1 Å². The van der Waals surface area contributed by atoms with Gasteiger partial charge in [0.1, 0.15) is 0 Å². The predicted octanol–water partition coefficient (Wildman–Crippen LogP) is 5.57. The maximum Gasteiger partial charge on any atom is 0.0454 e. The van der Waals surface area contributed by atoms with Crippen molar-refractivity contribution in [2.24, 2.45) is 0 Å². The Morgan fingerprint density at radius 3 is 2.24 bits per heavy atom. The van der Waals surface area contributed by atoms with Crippen LogP contribution in [0.15, 0.2) is 54.6 Å². The fourth-order valence-corrected chi connectivity index (χ4v) is 3.11. The summed E-state index contributed by atoms with van der Waals surface area (Å²) < 4.78 is 0. The van der Waals surface area contributed by atoms with Gasteiger partial charge in [-0.05, 0) is 36.6 Å². The van der Waals surface area contributed by atoms with Crippen LogP contribution in [-0.4, -0.2) is 6.54 Å². The Kier molecular flexibility index (Phi) is 6.28. The van der Waals surface area contributed by atoms with Gasteiger partial charge in [0.15, 0.2) is 0 Å². The van der Waals surface area contributed by atoms with Gasteiger partial charge in [0.2, 0.25) is 0 Å². The van der Waals surface area contributed by atoms with Crippen molar-refractivity contribution < 1.29 is 0 Å². The maximum atomic E-state index is 6.45. The molecule has 0 aliphatic rings. The highest BCUT2D eigenvalue weighted by atomic mass is 35.5. The standard InChI is InChI=1S/C19H24ClN/c1-3-14-21-19(17-12-8-9-13-18(17)20)16(4-2)15-10-6-5-7-11-15/h5-13,16,19,21H,3-4,14H2,1-2H3. The molecule has 0 aliphatic carbocycles. The second kappa shape index (κ2) is 8.21. The van der Waals surface area contributed by atoms with Crippen LogP contribution in [0.2, 0.25) is 5.02 Å². The van der Waals surface area contributed by atoms with Crippen molar-refractivity contribution in [2.45, 2.75) is 38.6 Å². The summed E-state index contributed by atoms with van der Waals surface area (Å²) in [6.45, 7) is 5.44. The van der Waals surface area contributed by atoms with Crippen molar-refractivity contribution >= 4 is 11.6 Å². The van der Waals surface area contributed by atoms with Crippen LogP contribution < -0.4 is 5.32 Å². The molecule has 2 unspecified atom stereocenters. The molecule has 0 spiro atoms. The number of hydrogen-bond donors (Lipinski definition) is 1. The molecule has 1 nitrogen and oxygen atoms in total. The van der Waals surface area contributed by atoms with Crippen LogP contribution in [0, 0.1) is 0 Å². The van der Waals surface area contributed by atoms with Gasteiger partial charge >= 0.3 is 0 Å². The third-order valence-electron chi connectivity index (χ3n) is 3.92. The Morgan fingerprint density at radius 1 is 0.952 bits per heavy atom. The zero-order chi connectivity index (χ0) is 15.1. The third-order valence-corrected chi connectivity index (χ3v) is 4.27. The normalized spacial score (nSPS) is 13.9. The number of halogens is 1. The average Bonchev–Trinajstić information content (AvgIpc) is 2.53. The Morgan fingerprint density at radius 2 is 1.62 bits per heavy atom. The molecule has 0 bridgehead atoms. The van der Waals surface area contributed by atoms with Crippen molar-refractivity contribution in [3.05, 3.63) is 70.7 Å². The van der Waals surface area contributed by atoms with E-state index in [0.29, 0.717) is 5.92 Å². The highest BCUT2D eigenvalue weighted by Crippen LogP contribution is 2.36. The van der Waals surface area contributed by atoms with Gasteiger partial charge in [-0.2, -0.15) is 0 Å². The molecule has 2 aromatic carbocycles. The lowest BCUT2D eigenvalue weighted by Gasteiger charge is -2.29. The van der Waals surface area contributed by atoms with Crippen LogP contribution in [0.25, 0.3) is 0 Å². The van der Waals surface area contributed by atoms with Crippen molar-refractivity contribution in [1.82, 2.24) is 5.32 Å². The molecule has 0 aromatic heterocycles. The zero-order valence-electron chi connectivity index (χ0n) is 12.9. The molecule has 112 valence electrons. The summed E-state index contributed by atoms with van der Waals surface area (Å²) in [7, 11) is 0. The highest BCUT2D eigenvalue weighted by Gasteiger charge is 2.24. The minimum atomic E-state index is 0.256. The molecule has 2 heteroatoms. The van der Waals surface area contributed by atoms with Gasteiger partial charge in [-0.15, -0.1) is 0 Å². The molecule has 2 atom stereocenters. The van der Waals surface area contributed by atoms with Gasteiger partial charge in [0.05, 0.1) is 0 Å². The van der Waals surface area contributed by atoms with Crippen LogP contribution in [0.1, 0.15) is 49.8 Å². The summed E-state index contributed by atoms with van der Waals surface area (Å²) in [6, 6.07) is 19.2. The Hall–Kier alpha value is -1.31. The van der Waals surface area contributed by atoms with Crippen molar-refractivity contribution in [3.63, 3.8) is 0 Å². The van der Waals surface area contributed by atoms with Gasteiger partial charge < -0.3 is 5.32 Å². The topological polar surface area (TPSA) is 12.0 Å². The monoisotopic (exact) mass is 301 g/mol. The molecule has 0 fully saturated rings. The van der Waals surface area contributed by atoms with Crippen LogP contribution >= 0.6 is 11.6 Å². The molecule has 0 saturated carbocycles. The summed E-state index contributed by atoms with van der Waals surface area (Å²) in [6.07, 6.45) is 2.20. The molecule has 2 aromatic rings. The second-order valence-corrected chi connectivity index (χ2v) is 5.79. The molecule has 2 rings (SSSR count). The largest absolute Gasteiger partial charge is 0.309 e. The lowest BCUT2D eigenvalue weighted by Crippen LogP contribution is -2.28. The first kappa shape index (κ1) is 16.1. The minimum absolute atomic E-state index is 0.256. The molecular formula is C19H24ClN. The molecule has 1 N–H and O–H groups in total. The van der Waals surface area contributed by atoms with E-state index in [2.05, 4.69) is 61.6 Å². The van der Waals surface area contributed by atoms with Crippen molar-refractivity contribution in [1.29, 1.82) is 0 Å². The summed E-state index contributed by atoms with van der Waals surface area (Å²) in [5.41, 5.74) is 2.57. The number of rotatable bonds is 7. The fraction of sp³-hybridized carbons (Fsp3) is 0.368. The van der Waals surface area contributed by atoms with E-state index in [4.69, 9.17) is 11.6 Å². The van der Waals surface area contributed by atoms with Gasteiger partial charge in [-0.1, -0.05) is 74.0 Å². The van der Waals surface area contributed by atoms with E-state index < -0.39 is 0 Å². The van der Waals surface area contributed by atoms with Gasteiger partial charge in [0, 0.05) is 17.0 Å². The molecule has 0 amide bonds. The van der Waals surface area contributed by atoms with E-state index in [1.54, 1.807) is 0 Å². The zero-order valence-corrected chi connectivity index (χ0v) is 13.6. The smallest absolute Gasteiger partial charge is 0.0454 e. The van der Waals surface area contributed by atoms with Crippen molar-refractivity contribution in [2.75, 3.05) is 6.54 Å². The van der Waals surface area contributed by atoms with Gasteiger partial charge in [-0.25, -0.2) is 0 Å². The van der Waals surface area contributed by atoms with Gasteiger partial charge in [0.25, 0.3) is 0 Å². The molecular weight excluding hydrogens is 278 g/mol. The lowest BCUT2D eigenvalue weighted by molar-refractivity contribution is 0.435. The van der Waals surface area contributed by atoms with Crippen LogP contribution in [0.5, 0.6) is 0 Å². The second-order valence-electron chi connectivity index (χ2n) is 5.38. The Bertz CT molecular complexity index is 538. The molecule has 0 heterocycles. The summed E-state index contributed by atoms with van der Waals surface area (Å²) >= 11 is 6.45. The van der Waals surface area contributed by atoms with E-state index in [1.807, 2.05) is 12.1 Å². The van der Waals surface area contributed by atoms with Crippen LogP contribution in [0.3, 0.4) is 0 Å². The minimum Gasteiger partial charge on any atom is -0.309 e. The Labute approximate surface area is 133 Å². The van der Waals surface area contributed by atoms with Crippen LogP contribution in [-0.2, 0) is 0 Å². The van der Waals surface area contributed by atoms with E-state index in [-0.39, 0.29) is 6.04 Å². The maximum absolute atomic E-state index is 6.45. The first-order chi connectivity index (χ1) is 10.3. The molecule has 0 aliphatic heterocycles. The average molecular weight is 302 g/mol. The van der Waals surface area contributed by atoms with E-state index in [9.17, 15) is 0 Å². The lowest BCUT2D eigenvalue weighted by atomic mass is 9.85. The summed E-state index contributed by atoms with van der Waals surface area (Å²) in [5, 5.41) is 4.54.